The molecule has 0 unspecified atom stereocenters. The molecule has 8 nitrogen and oxygen atoms in total. The average Bonchev–Trinajstić information content (AvgIpc) is 3.14. The van der Waals surface area contributed by atoms with Crippen LogP contribution in [0.5, 0.6) is 0 Å². The Balaban J connectivity index is 1.67. The van der Waals surface area contributed by atoms with Gasteiger partial charge in [0.05, 0.1) is 29.9 Å². The number of nitrogens with one attached hydrogen (secondary N) is 3. The van der Waals surface area contributed by atoms with Crippen molar-refractivity contribution in [3.8, 4) is 0 Å². The minimum atomic E-state index is -0.201. The minimum absolute atomic E-state index is 0.168. The Labute approximate surface area is 156 Å². The van der Waals surface area contributed by atoms with E-state index in [0.29, 0.717) is 43.8 Å². The highest BCUT2D eigenvalue weighted by Gasteiger charge is 2.12. The summed E-state index contributed by atoms with van der Waals surface area (Å²) < 4.78 is 6.94. The molecule has 1 amide bonds. The van der Waals surface area contributed by atoms with E-state index >= 15 is 0 Å². The number of carbonyl (C=O) groups is 1. The highest BCUT2D eigenvalue weighted by molar-refractivity contribution is 5.97. The molecule has 0 atom stereocenters. The summed E-state index contributed by atoms with van der Waals surface area (Å²) in [5.74, 6) is -0.168. The lowest BCUT2D eigenvalue weighted by Crippen LogP contribution is -2.25. The number of aryl methyl sites for hydroxylation is 2. The molecule has 0 aliphatic heterocycles. The largest absolute Gasteiger partial charge is 0.380 e. The van der Waals surface area contributed by atoms with Crippen LogP contribution in [0.4, 0.5) is 0 Å². The van der Waals surface area contributed by atoms with Crippen molar-refractivity contribution >= 4 is 16.9 Å². The van der Waals surface area contributed by atoms with E-state index in [-0.39, 0.29) is 11.6 Å². The van der Waals surface area contributed by atoms with Gasteiger partial charge in [0.2, 0.25) is 0 Å². The molecule has 0 aliphatic rings. The Morgan fingerprint density at radius 2 is 2.15 bits per heavy atom. The molecule has 1 aromatic carbocycles. The van der Waals surface area contributed by atoms with Crippen molar-refractivity contribution in [3.63, 3.8) is 0 Å². The van der Waals surface area contributed by atoms with E-state index < -0.39 is 0 Å². The molecular formula is C19H25N5O3. The molecule has 2 aromatic heterocycles. The molecule has 0 saturated carbocycles. The van der Waals surface area contributed by atoms with Crippen LogP contribution in [0, 0.1) is 13.8 Å². The zero-order chi connectivity index (χ0) is 19.4. The topological polar surface area (TPSA) is 105 Å². The number of carbonyl (C=O) groups excluding carboxylic acids is 1. The fraction of sp³-hybridized carbons (Fsp3) is 0.421. The lowest BCUT2D eigenvalue weighted by atomic mass is 10.1. The van der Waals surface area contributed by atoms with Gasteiger partial charge in [0.25, 0.3) is 5.91 Å². The van der Waals surface area contributed by atoms with Crippen molar-refractivity contribution in [2.75, 3.05) is 19.8 Å². The standard InChI is InChI=1S/C19H25N5O3/c1-4-27-10-9-24-17-6-5-14(11-16(17)21-19(24)26)18(25)20-8-7-15-12(2)22-23-13(15)3/h5-6,11H,4,7-10H2,1-3H3,(H,20,25)(H,21,26)(H,22,23). The number of hydrogen-bond donors (Lipinski definition) is 3. The third-order valence-corrected chi connectivity index (χ3v) is 4.64. The van der Waals surface area contributed by atoms with Crippen molar-refractivity contribution in [1.29, 1.82) is 0 Å². The second kappa shape index (κ2) is 8.22. The molecule has 0 fully saturated rings. The van der Waals surface area contributed by atoms with E-state index in [1.165, 1.54) is 0 Å². The number of rotatable bonds is 8. The smallest absolute Gasteiger partial charge is 0.326 e. The number of aromatic nitrogens is 4. The maximum Gasteiger partial charge on any atom is 0.326 e. The van der Waals surface area contributed by atoms with Gasteiger partial charge < -0.3 is 15.0 Å². The van der Waals surface area contributed by atoms with Crippen molar-refractivity contribution in [1.82, 2.24) is 25.1 Å². The third kappa shape index (κ3) is 4.11. The van der Waals surface area contributed by atoms with Crippen LogP contribution in [0.1, 0.15) is 34.2 Å². The molecule has 0 aliphatic carbocycles. The summed E-state index contributed by atoms with van der Waals surface area (Å²) >= 11 is 0. The summed E-state index contributed by atoms with van der Waals surface area (Å²) in [6.07, 6.45) is 0.715. The number of H-pyrrole nitrogens is 2. The first kappa shape index (κ1) is 18.9. The Bertz CT molecular complexity index is 979. The molecule has 144 valence electrons. The number of ether oxygens (including phenoxy) is 1. The van der Waals surface area contributed by atoms with Crippen LogP contribution in [-0.2, 0) is 17.7 Å². The van der Waals surface area contributed by atoms with E-state index in [0.717, 1.165) is 22.5 Å². The number of imidazole rings is 1. The first-order valence-electron chi connectivity index (χ1n) is 9.10. The molecule has 3 aromatic rings. The van der Waals surface area contributed by atoms with Crippen molar-refractivity contribution < 1.29 is 9.53 Å². The van der Waals surface area contributed by atoms with Gasteiger partial charge in [-0.2, -0.15) is 5.10 Å². The zero-order valence-electron chi connectivity index (χ0n) is 15.9. The number of amides is 1. The van der Waals surface area contributed by atoms with Gasteiger partial charge in [-0.1, -0.05) is 0 Å². The van der Waals surface area contributed by atoms with E-state index in [9.17, 15) is 9.59 Å². The summed E-state index contributed by atoms with van der Waals surface area (Å²) in [6, 6.07) is 5.23. The first-order chi connectivity index (χ1) is 13.0. The second-order valence-corrected chi connectivity index (χ2v) is 6.43. The monoisotopic (exact) mass is 371 g/mol. The maximum atomic E-state index is 12.4. The van der Waals surface area contributed by atoms with E-state index in [2.05, 4.69) is 20.5 Å². The molecule has 3 N–H and O–H groups in total. The summed E-state index contributed by atoms with van der Waals surface area (Å²) in [5.41, 5.74) is 4.82. The number of nitrogens with zero attached hydrogens (tertiary/aromatic N) is 2. The minimum Gasteiger partial charge on any atom is -0.380 e. The first-order valence-corrected chi connectivity index (χ1v) is 9.10. The van der Waals surface area contributed by atoms with Crippen LogP contribution in [0.3, 0.4) is 0 Å². The fourth-order valence-corrected chi connectivity index (χ4v) is 3.17. The van der Waals surface area contributed by atoms with Crippen LogP contribution in [0.15, 0.2) is 23.0 Å². The Kier molecular flexibility index (Phi) is 5.75. The molecule has 0 radical (unpaired) electrons. The van der Waals surface area contributed by atoms with Gasteiger partial charge in [0, 0.05) is 24.4 Å². The maximum absolute atomic E-state index is 12.4. The van der Waals surface area contributed by atoms with Gasteiger partial charge in [0.1, 0.15) is 0 Å². The van der Waals surface area contributed by atoms with E-state index in [1.807, 2.05) is 20.8 Å². The van der Waals surface area contributed by atoms with Gasteiger partial charge in [-0.3, -0.25) is 14.5 Å². The highest BCUT2D eigenvalue weighted by atomic mass is 16.5. The van der Waals surface area contributed by atoms with Crippen LogP contribution in [0.2, 0.25) is 0 Å². The number of benzene rings is 1. The molecule has 2 heterocycles. The number of aromatic amines is 2. The van der Waals surface area contributed by atoms with Gasteiger partial charge >= 0.3 is 5.69 Å². The van der Waals surface area contributed by atoms with Crippen molar-refractivity contribution in [3.05, 3.63) is 51.2 Å². The van der Waals surface area contributed by atoms with Gasteiger partial charge in [-0.15, -0.1) is 0 Å². The van der Waals surface area contributed by atoms with Gasteiger partial charge in [-0.25, -0.2) is 4.79 Å². The fourth-order valence-electron chi connectivity index (χ4n) is 3.17. The molecule has 0 spiro atoms. The van der Waals surface area contributed by atoms with Crippen LogP contribution >= 0.6 is 0 Å². The Morgan fingerprint density at radius 1 is 1.33 bits per heavy atom. The highest BCUT2D eigenvalue weighted by Crippen LogP contribution is 2.13. The molecule has 0 saturated heterocycles. The van der Waals surface area contributed by atoms with Crippen LogP contribution in [0.25, 0.3) is 11.0 Å². The van der Waals surface area contributed by atoms with Gasteiger partial charge in [0.15, 0.2) is 0 Å². The van der Waals surface area contributed by atoms with Crippen molar-refractivity contribution in [2.24, 2.45) is 0 Å². The number of fused-ring (bicyclic) bond motifs is 1. The van der Waals surface area contributed by atoms with E-state index in [4.69, 9.17) is 4.74 Å². The Hall–Kier alpha value is -2.87. The Morgan fingerprint density at radius 3 is 2.85 bits per heavy atom. The second-order valence-electron chi connectivity index (χ2n) is 6.43. The summed E-state index contributed by atoms with van der Waals surface area (Å²) in [5, 5.41) is 10.0. The van der Waals surface area contributed by atoms with E-state index in [1.54, 1.807) is 22.8 Å². The summed E-state index contributed by atoms with van der Waals surface area (Å²) in [7, 11) is 0. The van der Waals surface area contributed by atoms with Crippen LogP contribution < -0.4 is 11.0 Å². The molecule has 8 heteroatoms. The molecule has 27 heavy (non-hydrogen) atoms. The van der Waals surface area contributed by atoms with Crippen LogP contribution in [-0.4, -0.2) is 45.4 Å². The SMILES string of the molecule is CCOCCn1c(=O)[nH]c2cc(C(=O)NCCc3c(C)n[nH]c3C)ccc21. The molecular weight excluding hydrogens is 346 g/mol. The zero-order valence-corrected chi connectivity index (χ0v) is 15.9. The quantitative estimate of drug-likeness (QED) is 0.524. The normalized spacial score (nSPS) is 11.2. The summed E-state index contributed by atoms with van der Waals surface area (Å²) in [4.78, 5) is 27.4. The third-order valence-electron chi connectivity index (χ3n) is 4.64. The lowest BCUT2D eigenvalue weighted by molar-refractivity contribution is 0.0954. The molecule has 3 rings (SSSR count). The lowest BCUT2D eigenvalue weighted by Gasteiger charge is -2.07. The average molecular weight is 371 g/mol. The predicted octanol–water partition coefficient (Wildman–Crippen LogP) is 1.68. The predicted molar refractivity (Wildman–Crippen MR) is 103 cm³/mol. The van der Waals surface area contributed by atoms with Gasteiger partial charge in [-0.05, 0) is 51.0 Å². The molecule has 0 bridgehead atoms. The number of hydrogen-bond acceptors (Lipinski definition) is 4. The summed E-state index contributed by atoms with van der Waals surface area (Å²) in [6.45, 7) is 7.90. The van der Waals surface area contributed by atoms with Crippen molar-refractivity contribution in [2.45, 2.75) is 33.7 Å².